The van der Waals surface area contributed by atoms with Gasteiger partial charge in [-0.2, -0.15) is 0 Å². The van der Waals surface area contributed by atoms with E-state index < -0.39 is 0 Å². The topological polar surface area (TPSA) is 0 Å². The molecule has 0 N–H and O–H groups in total. The molecular formula is C8H6. The molecule has 0 radical (unpaired) electrons. The molecule has 0 heterocycles. The van der Waals surface area contributed by atoms with Crippen molar-refractivity contribution in [2.75, 3.05) is 0 Å². The lowest BCUT2D eigenvalue weighted by molar-refractivity contribution is 0.935. The van der Waals surface area contributed by atoms with Crippen LogP contribution in [0.5, 0.6) is 0 Å². The highest BCUT2D eigenvalue weighted by atomic mass is 14.2. The minimum Gasteiger partial charge on any atom is -0.124 e. The highest BCUT2D eigenvalue weighted by Gasteiger charge is 2.12. The predicted octanol–water partition coefficient (Wildman–Crippen LogP) is 1.82. The van der Waals surface area contributed by atoms with Gasteiger partial charge in [0.2, 0.25) is 0 Å². The molecule has 2 aliphatic carbocycles. The summed E-state index contributed by atoms with van der Waals surface area (Å²) >= 11 is 0. The lowest BCUT2D eigenvalue weighted by atomic mass is 9.86. The highest BCUT2D eigenvalue weighted by Crippen LogP contribution is 2.26. The summed E-state index contributed by atoms with van der Waals surface area (Å²) in [5.41, 5.74) is 4.46. The summed E-state index contributed by atoms with van der Waals surface area (Å²) in [5.74, 6) is 0.597. The fourth-order valence-corrected chi connectivity index (χ4v) is 0.940. The molecule has 1 atom stereocenters. The first-order valence-corrected chi connectivity index (χ1v) is 2.78. The molecule has 0 spiro atoms. The van der Waals surface area contributed by atoms with Crippen LogP contribution in [-0.4, -0.2) is 0 Å². The Balaban J connectivity index is 2.52. The third-order valence-corrected chi connectivity index (χ3v) is 1.53. The van der Waals surface area contributed by atoms with Gasteiger partial charge in [-0.15, -0.1) is 5.73 Å². The maximum atomic E-state index is 3.04. The van der Waals surface area contributed by atoms with Crippen LogP contribution in [0.1, 0.15) is 0 Å². The fraction of sp³-hybridized carbons (Fsp3) is 0.125. The van der Waals surface area contributed by atoms with Crippen molar-refractivity contribution < 1.29 is 0 Å². The van der Waals surface area contributed by atoms with Gasteiger partial charge in [-0.3, -0.25) is 0 Å². The maximum Gasteiger partial charge on any atom is 0.0277 e. The highest BCUT2D eigenvalue weighted by molar-refractivity contribution is 5.43. The van der Waals surface area contributed by atoms with Crippen molar-refractivity contribution in [1.82, 2.24) is 0 Å². The van der Waals surface area contributed by atoms with E-state index in [4.69, 9.17) is 0 Å². The molecule has 0 nitrogen and oxygen atoms in total. The number of allylic oxidation sites excluding steroid dienone is 5. The Kier molecular flexibility index (Phi) is 0.610. The first kappa shape index (κ1) is 3.94. The van der Waals surface area contributed by atoms with Crippen LogP contribution < -0.4 is 0 Å². The molecule has 2 aliphatic rings. The van der Waals surface area contributed by atoms with Gasteiger partial charge >= 0.3 is 0 Å². The minimum atomic E-state index is 0.597. The molecule has 2 rings (SSSR count). The first-order valence-electron chi connectivity index (χ1n) is 2.78. The van der Waals surface area contributed by atoms with Crippen molar-refractivity contribution in [1.29, 1.82) is 0 Å². The normalized spacial score (nSPS) is 29.0. The Morgan fingerprint density at radius 3 is 2.88 bits per heavy atom. The van der Waals surface area contributed by atoms with E-state index in [-0.39, 0.29) is 0 Å². The van der Waals surface area contributed by atoms with Crippen LogP contribution in [0.25, 0.3) is 0 Å². The lowest BCUT2D eigenvalue weighted by Crippen LogP contribution is -2.04. The van der Waals surface area contributed by atoms with Crippen molar-refractivity contribution in [2.24, 2.45) is 5.92 Å². The average molecular weight is 102 g/mol. The molecule has 0 fully saturated rings. The molecule has 1 unspecified atom stereocenters. The fourth-order valence-electron chi connectivity index (χ4n) is 0.940. The molecule has 0 saturated heterocycles. The number of fused-ring (bicyclic) bond motifs is 1. The molecule has 0 aliphatic heterocycles. The number of rotatable bonds is 0. The van der Waals surface area contributed by atoms with E-state index in [1.54, 1.807) is 0 Å². The Bertz CT molecular complexity index is 222. The summed E-state index contributed by atoms with van der Waals surface area (Å²) in [6.45, 7) is 0. The molecule has 0 bridgehead atoms. The number of hydrogen-bond acceptors (Lipinski definition) is 0. The van der Waals surface area contributed by atoms with Crippen LogP contribution in [0.3, 0.4) is 0 Å². The summed E-state index contributed by atoms with van der Waals surface area (Å²) < 4.78 is 0. The van der Waals surface area contributed by atoms with Crippen LogP contribution in [-0.2, 0) is 0 Å². The maximum absolute atomic E-state index is 3.04. The van der Waals surface area contributed by atoms with E-state index in [9.17, 15) is 0 Å². The van der Waals surface area contributed by atoms with Gasteiger partial charge < -0.3 is 0 Å². The van der Waals surface area contributed by atoms with Gasteiger partial charge in [0, 0.05) is 5.92 Å². The van der Waals surface area contributed by atoms with Crippen molar-refractivity contribution in [2.45, 2.75) is 0 Å². The smallest absolute Gasteiger partial charge is 0.0277 e. The molecule has 0 amide bonds. The van der Waals surface area contributed by atoms with Crippen LogP contribution in [0.2, 0.25) is 0 Å². The third kappa shape index (κ3) is 0.356. The zero-order valence-electron chi connectivity index (χ0n) is 4.46. The monoisotopic (exact) mass is 102 g/mol. The van der Waals surface area contributed by atoms with Gasteiger partial charge in [0.15, 0.2) is 0 Å². The zero-order valence-corrected chi connectivity index (χ0v) is 4.46. The summed E-state index contributed by atoms with van der Waals surface area (Å²) in [6.07, 6.45) is 10.4. The van der Waals surface area contributed by atoms with Gasteiger partial charge in [-0.1, -0.05) is 18.2 Å². The Hall–Kier alpha value is -1.00. The van der Waals surface area contributed by atoms with E-state index in [1.165, 1.54) is 5.57 Å². The quantitative estimate of drug-likeness (QED) is 0.409. The van der Waals surface area contributed by atoms with E-state index in [0.717, 1.165) is 0 Å². The second kappa shape index (κ2) is 1.24. The zero-order chi connectivity index (χ0) is 5.40. The van der Waals surface area contributed by atoms with Crippen LogP contribution >= 0.6 is 0 Å². The molecule has 0 aromatic carbocycles. The van der Waals surface area contributed by atoms with Crippen molar-refractivity contribution >= 4 is 0 Å². The molecule has 0 aromatic rings. The van der Waals surface area contributed by atoms with Crippen molar-refractivity contribution in [3.8, 4) is 0 Å². The molecular weight excluding hydrogens is 96.1 g/mol. The van der Waals surface area contributed by atoms with E-state index in [1.807, 2.05) is 6.08 Å². The van der Waals surface area contributed by atoms with Crippen LogP contribution in [0.15, 0.2) is 41.7 Å². The summed E-state index contributed by atoms with van der Waals surface area (Å²) in [6, 6.07) is 0. The minimum absolute atomic E-state index is 0.597. The van der Waals surface area contributed by atoms with E-state index in [0.29, 0.717) is 5.92 Å². The molecule has 8 heavy (non-hydrogen) atoms. The van der Waals surface area contributed by atoms with Gasteiger partial charge in [-0.25, -0.2) is 0 Å². The second-order valence-electron chi connectivity index (χ2n) is 2.05. The molecule has 0 saturated carbocycles. The molecule has 38 valence electrons. The molecule has 0 heteroatoms. The van der Waals surface area contributed by atoms with Crippen molar-refractivity contribution in [3.05, 3.63) is 41.7 Å². The Morgan fingerprint density at radius 1 is 1.50 bits per heavy atom. The summed E-state index contributed by atoms with van der Waals surface area (Å²) in [5, 5.41) is 0. The predicted molar refractivity (Wildman–Crippen MR) is 33.4 cm³/mol. The Labute approximate surface area is 48.5 Å². The van der Waals surface area contributed by atoms with Gasteiger partial charge in [0.25, 0.3) is 0 Å². The Morgan fingerprint density at radius 2 is 2.50 bits per heavy atom. The standard InChI is InChI=1S/C8H6/c1-2-4-8-6-5-7(8)3-1/h1,3-6,8H. The van der Waals surface area contributed by atoms with Crippen LogP contribution in [0.4, 0.5) is 0 Å². The number of hydrogen-bond donors (Lipinski definition) is 0. The second-order valence-corrected chi connectivity index (χ2v) is 2.05. The lowest BCUT2D eigenvalue weighted by Gasteiger charge is -2.17. The third-order valence-electron chi connectivity index (χ3n) is 1.53. The SMILES string of the molecule is C1=CC=C2C=CC2C=1. The van der Waals surface area contributed by atoms with Crippen LogP contribution in [0, 0.1) is 5.92 Å². The van der Waals surface area contributed by atoms with Crippen molar-refractivity contribution in [3.63, 3.8) is 0 Å². The largest absolute Gasteiger partial charge is 0.124 e. The first-order chi connectivity index (χ1) is 3.97. The van der Waals surface area contributed by atoms with Gasteiger partial charge in [-0.05, 0) is 17.7 Å². The van der Waals surface area contributed by atoms with E-state index >= 15 is 0 Å². The summed E-state index contributed by atoms with van der Waals surface area (Å²) in [7, 11) is 0. The average Bonchev–Trinajstić information content (AvgIpc) is 1.72. The summed E-state index contributed by atoms with van der Waals surface area (Å²) in [4.78, 5) is 0. The van der Waals surface area contributed by atoms with E-state index in [2.05, 4.69) is 30.0 Å². The van der Waals surface area contributed by atoms with Gasteiger partial charge in [0.05, 0.1) is 0 Å². The van der Waals surface area contributed by atoms with Gasteiger partial charge in [0.1, 0.15) is 0 Å². The molecule has 0 aromatic heterocycles.